The highest BCUT2D eigenvalue weighted by atomic mass is 16.3. The number of rotatable bonds is 9. The quantitative estimate of drug-likeness (QED) is 0.379. The van der Waals surface area contributed by atoms with Crippen molar-refractivity contribution < 1.29 is 15.3 Å². The molecule has 0 aromatic rings. The molecule has 1 aliphatic rings. The molecule has 0 bridgehead atoms. The predicted octanol–water partition coefficient (Wildman–Crippen LogP) is 3.43. The summed E-state index contributed by atoms with van der Waals surface area (Å²) in [6.07, 6.45) is 10.2. The minimum Gasteiger partial charge on any atom is -0.388 e. The van der Waals surface area contributed by atoms with Gasteiger partial charge in [-0.15, -0.1) is 0 Å². The lowest BCUT2D eigenvalue weighted by Crippen LogP contribution is -2.27. The topological polar surface area (TPSA) is 86.7 Å². The molecule has 1 fully saturated rings. The van der Waals surface area contributed by atoms with Crippen molar-refractivity contribution in [3.63, 3.8) is 0 Å². The van der Waals surface area contributed by atoms with Gasteiger partial charge in [0.15, 0.2) is 0 Å². The van der Waals surface area contributed by atoms with Crippen LogP contribution in [0.2, 0.25) is 0 Å². The first kappa shape index (κ1) is 22.1. The van der Waals surface area contributed by atoms with E-state index in [4.69, 9.17) is 10.8 Å². The predicted molar refractivity (Wildman–Crippen MR) is 104 cm³/mol. The first-order valence-electron chi connectivity index (χ1n) is 9.44. The summed E-state index contributed by atoms with van der Waals surface area (Å²) in [6, 6.07) is 0. The van der Waals surface area contributed by atoms with E-state index in [0.29, 0.717) is 30.8 Å². The Morgan fingerprint density at radius 2 is 1.84 bits per heavy atom. The second-order valence-electron chi connectivity index (χ2n) is 8.44. The molecule has 0 radical (unpaired) electrons. The van der Waals surface area contributed by atoms with Gasteiger partial charge in [-0.2, -0.15) is 0 Å². The SMILES string of the molecule is C=C1[C@H](O)CC(=C/C=C/CC(C)(C)C[C@@H](C)CCCC(N)O)C[C@H]1O. The van der Waals surface area contributed by atoms with Gasteiger partial charge in [-0.05, 0) is 55.4 Å². The maximum Gasteiger partial charge on any atom is 0.102 e. The van der Waals surface area contributed by atoms with Gasteiger partial charge in [0, 0.05) is 0 Å². The fourth-order valence-electron chi connectivity index (χ4n) is 3.60. The summed E-state index contributed by atoms with van der Waals surface area (Å²) in [5, 5.41) is 28.8. The molecule has 4 nitrogen and oxygen atoms in total. The second kappa shape index (κ2) is 10.3. The van der Waals surface area contributed by atoms with Crippen molar-refractivity contribution in [2.75, 3.05) is 0 Å². The van der Waals surface area contributed by atoms with Gasteiger partial charge in [-0.25, -0.2) is 0 Å². The van der Waals surface area contributed by atoms with Crippen LogP contribution in [0.25, 0.3) is 0 Å². The van der Waals surface area contributed by atoms with E-state index in [1.165, 1.54) is 0 Å². The molecule has 0 spiro atoms. The van der Waals surface area contributed by atoms with Crippen LogP contribution in [0, 0.1) is 11.3 Å². The van der Waals surface area contributed by atoms with Gasteiger partial charge in [-0.3, -0.25) is 0 Å². The zero-order valence-corrected chi connectivity index (χ0v) is 16.1. The van der Waals surface area contributed by atoms with Gasteiger partial charge in [0.05, 0.1) is 12.2 Å². The van der Waals surface area contributed by atoms with Crippen LogP contribution in [0.4, 0.5) is 0 Å². The lowest BCUT2D eigenvalue weighted by molar-refractivity contribution is 0.123. The standard InChI is InChI=1S/C21H37NO3/c1-15(8-7-10-20(22)25)14-21(3,4)11-6-5-9-17-12-18(23)16(2)19(24)13-17/h5-6,9,15,18-20,23-25H,2,7-8,10-14,22H2,1,3-4H3/b6-5+/t15-,18+,19+,20?/m0/s1. The van der Waals surface area contributed by atoms with Crippen LogP contribution in [0.3, 0.4) is 0 Å². The maximum atomic E-state index is 9.86. The fraction of sp³-hybridized carbons (Fsp3) is 0.714. The van der Waals surface area contributed by atoms with Gasteiger partial charge >= 0.3 is 0 Å². The Hall–Kier alpha value is -0.940. The Labute approximate surface area is 153 Å². The van der Waals surface area contributed by atoms with Crippen molar-refractivity contribution in [2.24, 2.45) is 17.1 Å². The highest BCUT2D eigenvalue weighted by Crippen LogP contribution is 2.32. The third-order valence-corrected chi connectivity index (χ3v) is 5.00. The van der Waals surface area contributed by atoms with E-state index in [9.17, 15) is 10.2 Å². The molecule has 0 aliphatic heterocycles. The van der Waals surface area contributed by atoms with Crippen molar-refractivity contribution in [2.45, 2.75) is 84.2 Å². The number of allylic oxidation sites excluding steroid dienone is 3. The summed E-state index contributed by atoms with van der Waals surface area (Å²) in [5.41, 5.74) is 7.19. The molecule has 1 unspecified atom stereocenters. The number of hydrogen-bond donors (Lipinski definition) is 4. The third-order valence-electron chi connectivity index (χ3n) is 5.00. The van der Waals surface area contributed by atoms with E-state index < -0.39 is 18.4 Å². The molecule has 1 rings (SSSR count). The lowest BCUT2D eigenvalue weighted by Gasteiger charge is -2.27. The van der Waals surface area contributed by atoms with Crippen LogP contribution in [0.15, 0.2) is 36.0 Å². The van der Waals surface area contributed by atoms with Gasteiger partial charge in [0.25, 0.3) is 0 Å². The number of hydrogen-bond acceptors (Lipinski definition) is 4. The molecule has 0 amide bonds. The minimum atomic E-state index is -0.690. The number of aliphatic hydroxyl groups is 3. The summed E-state index contributed by atoms with van der Waals surface area (Å²) < 4.78 is 0. The van der Waals surface area contributed by atoms with Crippen molar-refractivity contribution in [3.8, 4) is 0 Å². The highest BCUT2D eigenvalue weighted by molar-refractivity contribution is 5.25. The van der Waals surface area contributed by atoms with Crippen LogP contribution < -0.4 is 5.73 Å². The molecule has 0 saturated heterocycles. The molecule has 0 aromatic heterocycles. The van der Waals surface area contributed by atoms with Gasteiger partial charge in [0.2, 0.25) is 0 Å². The smallest absolute Gasteiger partial charge is 0.102 e. The average molecular weight is 352 g/mol. The second-order valence-corrected chi connectivity index (χ2v) is 8.44. The summed E-state index contributed by atoms with van der Waals surface area (Å²) >= 11 is 0. The van der Waals surface area contributed by atoms with E-state index in [1.807, 2.05) is 12.2 Å². The number of nitrogens with two attached hydrogens (primary N) is 1. The summed E-state index contributed by atoms with van der Waals surface area (Å²) in [5.74, 6) is 0.607. The molecule has 0 aromatic carbocycles. The lowest BCUT2D eigenvalue weighted by atomic mass is 9.79. The van der Waals surface area contributed by atoms with Gasteiger partial charge in [0.1, 0.15) is 6.23 Å². The van der Waals surface area contributed by atoms with Crippen LogP contribution in [0.5, 0.6) is 0 Å². The van der Waals surface area contributed by atoms with Gasteiger partial charge < -0.3 is 21.1 Å². The van der Waals surface area contributed by atoms with E-state index in [2.05, 4.69) is 33.4 Å². The number of aliphatic hydroxyl groups excluding tert-OH is 3. The molecule has 4 heteroatoms. The molecular weight excluding hydrogens is 314 g/mol. The molecular formula is C21H37NO3. The molecule has 1 saturated carbocycles. The van der Waals surface area contributed by atoms with Crippen molar-refractivity contribution >= 4 is 0 Å². The third kappa shape index (κ3) is 8.82. The van der Waals surface area contributed by atoms with Crippen LogP contribution >= 0.6 is 0 Å². The van der Waals surface area contributed by atoms with Crippen LogP contribution in [-0.4, -0.2) is 33.8 Å². The first-order valence-corrected chi connectivity index (χ1v) is 9.44. The maximum absolute atomic E-state index is 9.86. The van der Waals surface area contributed by atoms with Crippen molar-refractivity contribution in [3.05, 3.63) is 36.0 Å². The zero-order chi connectivity index (χ0) is 19.0. The van der Waals surface area contributed by atoms with Crippen molar-refractivity contribution in [1.29, 1.82) is 0 Å². The molecule has 0 heterocycles. The van der Waals surface area contributed by atoms with E-state index in [0.717, 1.165) is 31.3 Å². The molecule has 1 aliphatic carbocycles. The Kier molecular flexibility index (Phi) is 9.08. The molecule has 5 N–H and O–H groups in total. The zero-order valence-electron chi connectivity index (χ0n) is 16.1. The minimum absolute atomic E-state index is 0.218. The Balaban J connectivity index is 2.40. The summed E-state index contributed by atoms with van der Waals surface area (Å²) in [6.45, 7) is 10.5. The largest absolute Gasteiger partial charge is 0.388 e. The van der Waals surface area contributed by atoms with Crippen LogP contribution in [0.1, 0.15) is 65.7 Å². The van der Waals surface area contributed by atoms with Crippen LogP contribution in [-0.2, 0) is 0 Å². The fourth-order valence-corrected chi connectivity index (χ4v) is 3.60. The highest BCUT2D eigenvalue weighted by Gasteiger charge is 2.25. The van der Waals surface area contributed by atoms with Crippen molar-refractivity contribution in [1.82, 2.24) is 0 Å². The van der Waals surface area contributed by atoms with E-state index >= 15 is 0 Å². The molecule has 144 valence electrons. The van der Waals surface area contributed by atoms with E-state index in [1.54, 1.807) is 0 Å². The Morgan fingerprint density at radius 1 is 1.24 bits per heavy atom. The van der Waals surface area contributed by atoms with Gasteiger partial charge in [-0.1, -0.05) is 57.6 Å². The summed E-state index contributed by atoms with van der Waals surface area (Å²) in [7, 11) is 0. The van der Waals surface area contributed by atoms with E-state index in [-0.39, 0.29) is 5.41 Å². The summed E-state index contributed by atoms with van der Waals surface area (Å²) in [4.78, 5) is 0. The monoisotopic (exact) mass is 351 g/mol. The Morgan fingerprint density at radius 3 is 2.40 bits per heavy atom. The Bertz CT molecular complexity index is 464. The molecule has 25 heavy (non-hydrogen) atoms. The average Bonchev–Trinajstić information content (AvgIpc) is 2.48. The normalized spacial score (nSPS) is 24.6. The first-order chi connectivity index (χ1) is 11.6. The molecule has 4 atom stereocenters.